The van der Waals surface area contributed by atoms with Crippen molar-refractivity contribution in [3.8, 4) is 0 Å². The number of nitrogens with one attached hydrogen (secondary N) is 1. The summed E-state index contributed by atoms with van der Waals surface area (Å²) in [5, 5.41) is 6.90. The van der Waals surface area contributed by atoms with E-state index in [0.717, 1.165) is 12.1 Å². The summed E-state index contributed by atoms with van der Waals surface area (Å²) in [6.07, 6.45) is 3.95. The minimum Gasteiger partial charge on any atom is -0.348 e. The zero-order chi connectivity index (χ0) is 10.8. The van der Waals surface area contributed by atoms with Gasteiger partial charge in [-0.05, 0) is 6.92 Å². The second-order valence-corrected chi connectivity index (χ2v) is 3.67. The third-order valence-electron chi connectivity index (χ3n) is 2.50. The highest BCUT2D eigenvalue weighted by Gasteiger charge is 2.26. The molecule has 0 bridgehead atoms. The van der Waals surface area contributed by atoms with Crippen molar-refractivity contribution >= 4 is 11.7 Å². The Balaban J connectivity index is 2.15. The van der Waals surface area contributed by atoms with Crippen LogP contribution < -0.4 is 5.32 Å². The van der Waals surface area contributed by atoms with Crippen molar-refractivity contribution in [2.75, 3.05) is 0 Å². The number of amides is 1. The zero-order valence-electron chi connectivity index (χ0n) is 8.56. The molecule has 0 spiro atoms. The molecule has 0 unspecified atom stereocenters. The van der Waals surface area contributed by atoms with Crippen molar-refractivity contribution in [3.05, 3.63) is 18.0 Å². The SMILES string of the molecule is CCn1cc([C@@H]2CC(=O)CC(=O)N2)cn1. The van der Waals surface area contributed by atoms with Crippen LogP contribution in [0.3, 0.4) is 0 Å². The number of carbonyl (C=O) groups is 2. The zero-order valence-corrected chi connectivity index (χ0v) is 8.56. The van der Waals surface area contributed by atoms with Crippen LogP contribution in [0.15, 0.2) is 12.4 Å². The van der Waals surface area contributed by atoms with Gasteiger partial charge in [0.15, 0.2) is 0 Å². The number of carbonyl (C=O) groups excluding carboxylic acids is 2. The maximum atomic E-state index is 11.2. The molecular formula is C10H13N3O2. The van der Waals surface area contributed by atoms with Gasteiger partial charge in [0.1, 0.15) is 5.78 Å². The Hall–Kier alpha value is -1.65. The van der Waals surface area contributed by atoms with Gasteiger partial charge < -0.3 is 5.32 Å². The lowest BCUT2D eigenvalue weighted by molar-refractivity contribution is -0.132. The van der Waals surface area contributed by atoms with Crippen molar-refractivity contribution < 1.29 is 9.59 Å². The number of aryl methyl sites for hydroxylation is 1. The molecule has 2 heterocycles. The van der Waals surface area contributed by atoms with Crippen LogP contribution in [0, 0.1) is 0 Å². The first-order chi connectivity index (χ1) is 7.19. The van der Waals surface area contributed by atoms with Crippen LogP contribution in [0.2, 0.25) is 0 Å². The van der Waals surface area contributed by atoms with E-state index < -0.39 is 0 Å². The summed E-state index contributed by atoms with van der Waals surface area (Å²) in [6, 6.07) is -0.195. The fourth-order valence-corrected chi connectivity index (χ4v) is 1.71. The Morgan fingerprint density at radius 3 is 3.00 bits per heavy atom. The highest BCUT2D eigenvalue weighted by atomic mass is 16.2. The molecule has 1 amide bonds. The number of Topliss-reactive ketones (excluding diaryl/α,β-unsaturated/α-hetero) is 1. The Morgan fingerprint density at radius 1 is 1.60 bits per heavy atom. The largest absolute Gasteiger partial charge is 0.348 e. The lowest BCUT2D eigenvalue weighted by Crippen LogP contribution is -2.36. The lowest BCUT2D eigenvalue weighted by Gasteiger charge is -2.21. The molecule has 1 saturated heterocycles. The third kappa shape index (κ3) is 2.06. The van der Waals surface area contributed by atoms with Gasteiger partial charge >= 0.3 is 0 Å². The third-order valence-corrected chi connectivity index (χ3v) is 2.50. The molecule has 5 nitrogen and oxygen atoms in total. The molecule has 1 aliphatic rings. The summed E-state index contributed by atoms with van der Waals surface area (Å²) >= 11 is 0. The Kier molecular flexibility index (Phi) is 2.53. The van der Waals surface area contributed by atoms with Crippen molar-refractivity contribution in [2.24, 2.45) is 0 Å². The van der Waals surface area contributed by atoms with Crippen LogP contribution in [0.1, 0.15) is 31.4 Å². The van der Waals surface area contributed by atoms with Crippen LogP contribution in [0.5, 0.6) is 0 Å². The van der Waals surface area contributed by atoms with E-state index in [2.05, 4.69) is 10.4 Å². The van der Waals surface area contributed by atoms with Gasteiger partial charge in [-0.3, -0.25) is 14.3 Å². The van der Waals surface area contributed by atoms with Crippen molar-refractivity contribution in [3.63, 3.8) is 0 Å². The first-order valence-corrected chi connectivity index (χ1v) is 5.02. The molecule has 1 atom stereocenters. The molecule has 1 fully saturated rings. The summed E-state index contributed by atoms with van der Waals surface area (Å²) in [5.41, 5.74) is 0.901. The Labute approximate surface area is 87.5 Å². The molecule has 1 aromatic heterocycles. The first kappa shape index (κ1) is 9.89. The molecule has 0 radical (unpaired) electrons. The number of aromatic nitrogens is 2. The maximum absolute atomic E-state index is 11.2. The van der Waals surface area contributed by atoms with E-state index in [4.69, 9.17) is 0 Å². The van der Waals surface area contributed by atoms with E-state index >= 15 is 0 Å². The van der Waals surface area contributed by atoms with Crippen molar-refractivity contribution in [2.45, 2.75) is 32.4 Å². The molecular weight excluding hydrogens is 194 g/mol. The molecule has 0 saturated carbocycles. The fourth-order valence-electron chi connectivity index (χ4n) is 1.71. The van der Waals surface area contributed by atoms with Crippen LogP contribution in [0.4, 0.5) is 0 Å². The second kappa shape index (κ2) is 3.84. The number of piperidine rings is 1. The lowest BCUT2D eigenvalue weighted by atomic mass is 9.99. The highest BCUT2D eigenvalue weighted by molar-refractivity contribution is 6.00. The molecule has 0 aromatic carbocycles. The highest BCUT2D eigenvalue weighted by Crippen LogP contribution is 2.20. The minimum atomic E-state index is -0.195. The number of rotatable bonds is 2. The smallest absolute Gasteiger partial charge is 0.227 e. The molecule has 0 aliphatic carbocycles. The van der Waals surface area contributed by atoms with E-state index in [-0.39, 0.29) is 24.2 Å². The first-order valence-electron chi connectivity index (χ1n) is 5.02. The molecule has 80 valence electrons. The van der Waals surface area contributed by atoms with Crippen molar-refractivity contribution in [1.29, 1.82) is 0 Å². The summed E-state index contributed by atoms with van der Waals surface area (Å²) in [6.45, 7) is 2.77. The summed E-state index contributed by atoms with van der Waals surface area (Å²) in [4.78, 5) is 22.4. The van der Waals surface area contributed by atoms with Gasteiger partial charge in [-0.2, -0.15) is 5.10 Å². The average Bonchev–Trinajstić information content (AvgIpc) is 2.64. The molecule has 5 heteroatoms. The summed E-state index contributed by atoms with van der Waals surface area (Å²) < 4.78 is 1.78. The van der Waals surface area contributed by atoms with E-state index in [9.17, 15) is 9.59 Å². The van der Waals surface area contributed by atoms with Crippen LogP contribution in [-0.2, 0) is 16.1 Å². The van der Waals surface area contributed by atoms with Gasteiger partial charge in [-0.1, -0.05) is 0 Å². The van der Waals surface area contributed by atoms with Crippen LogP contribution in [0.25, 0.3) is 0 Å². The van der Waals surface area contributed by atoms with E-state index in [0.29, 0.717) is 6.42 Å². The fraction of sp³-hybridized carbons (Fsp3) is 0.500. The summed E-state index contributed by atoms with van der Waals surface area (Å²) in [7, 11) is 0. The van der Waals surface area contributed by atoms with E-state index in [1.54, 1.807) is 10.9 Å². The number of hydrogen-bond donors (Lipinski definition) is 1. The van der Waals surface area contributed by atoms with Gasteiger partial charge in [0, 0.05) is 24.7 Å². The predicted molar refractivity (Wildman–Crippen MR) is 53.0 cm³/mol. The van der Waals surface area contributed by atoms with E-state index in [1.807, 2.05) is 13.1 Å². The van der Waals surface area contributed by atoms with Gasteiger partial charge in [0.2, 0.25) is 5.91 Å². The standard InChI is InChI=1S/C10H13N3O2/c1-2-13-6-7(5-11-13)9-3-8(14)4-10(15)12-9/h5-6,9H,2-4H2,1H3,(H,12,15)/t9-/m0/s1. The number of ketones is 1. The van der Waals surface area contributed by atoms with Crippen molar-refractivity contribution in [1.82, 2.24) is 15.1 Å². The molecule has 1 aliphatic heterocycles. The van der Waals surface area contributed by atoms with Crippen LogP contribution >= 0.6 is 0 Å². The molecule has 1 aromatic rings. The predicted octanol–water partition coefficient (Wildman–Crippen LogP) is 0.423. The van der Waals surface area contributed by atoms with Gasteiger partial charge in [0.05, 0.1) is 18.7 Å². The average molecular weight is 207 g/mol. The van der Waals surface area contributed by atoms with Gasteiger partial charge in [-0.25, -0.2) is 0 Å². The molecule has 15 heavy (non-hydrogen) atoms. The number of hydrogen-bond acceptors (Lipinski definition) is 3. The molecule has 2 rings (SSSR count). The molecule has 1 N–H and O–H groups in total. The quantitative estimate of drug-likeness (QED) is 0.715. The monoisotopic (exact) mass is 207 g/mol. The topological polar surface area (TPSA) is 64.0 Å². The van der Waals surface area contributed by atoms with Gasteiger partial charge in [-0.15, -0.1) is 0 Å². The second-order valence-electron chi connectivity index (χ2n) is 3.67. The Morgan fingerprint density at radius 2 is 2.40 bits per heavy atom. The Bertz CT molecular complexity index is 381. The van der Waals surface area contributed by atoms with Gasteiger partial charge in [0.25, 0.3) is 0 Å². The van der Waals surface area contributed by atoms with Crippen LogP contribution in [-0.4, -0.2) is 21.5 Å². The summed E-state index contributed by atoms with van der Waals surface area (Å²) in [5.74, 6) is -0.200. The normalized spacial score (nSPS) is 21.5. The maximum Gasteiger partial charge on any atom is 0.227 e. The van der Waals surface area contributed by atoms with E-state index in [1.165, 1.54) is 0 Å². The number of nitrogens with zero attached hydrogens (tertiary/aromatic N) is 2. The minimum absolute atomic E-state index is 0.00648.